The molecule has 0 bridgehead atoms. The van der Waals surface area contributed by atoms with Crippen molar-refractivity contribution in [3.8, 4) is 11.5 Å². The molecule has 174 valence electrons. The molecule has 0 aliphatic rings. The second kappa shape index (κ2) is 15.3. The quantitative estimate of drug-likeness (QED) is 0.190. The molecule has 9 heteroatoms. The summed E-state index contributed by atoms with van der Waals surface area (Å²) in [6.45, 7) is 0.945. The van der Waals surface area contributed by atoms with E-state index < -0.39 is 0 Å². The van der Waals surface area contributed by atoms with E-state index in [0.29, 0.717) is 13.2 Å². The molecule has 0 fully saturated rings. The Hall–Kier alpha value is -3.52. The first-order valence-corrected chi connectivity index (χ1v) is 9.70. The monoisotopic (exact) mass is 487 g/mol. The average molecular weight is 488 g/mol. The highest BCUT2D eigenvalue weighted by Crippen LogP contribution is 2.16. The Labute approximate surface area is 206 Å². The van der Waals surface area contributed by atoms with Gasteiger partial charge in [0.05, 0.1) is 11.4 Å². The number of hydrogen-bond donors (Lipinski definition) is 3. The molecule has 4 rings (SSSR count). The SMILES string of the molecule is Cl.Cl.NNc1ccc(OCc2ccccn2)cc1.Nc1ccc(OCc2ccccn2)cc1. The van der Waals surface area contributed by atoms with Crippen molar-refractivity contribution in [2.24, 2.45) is 5.84 Å². The Morgan fingerprint density at radius 3 is 1.48 bits per heavy atom. The molecule has 7 nitrogen and oxygen atoms in total. The first-order valence-electron chi connectivity index (χ1n) is 9.70. The van der Waals surface area contributed by atoms with Gasteiger partial charge in [-0.05, 0) is 72.8 Å². The molecule has 33 heavy (non-hydrogen) atoms. The molecule has 0 unspecified atom stereocenters. The van der Waals surface area contributed by atoms with Gasteiger partial charge < -0.3 is 20.6 Å². The van der Waals surface area contributed by atoms with E-state index in [0.717, 1.165) is 34.3 Å². The lowest BCUT2D eigenvalue weighted by Crippen LogP contribution is -2.06. The van der Waals surface area contributed by atoms with Gasteiger partial charge in [-0.2, -0.15) is 0 Å². The number of ether oxygens (including phenoxy) is 2. The number of nitrogens with one attached hydrogen (secondary N) is 1. The van der Waals surface area contributed by atoms with Crippen LogP contribution in [-0.4, -0.2) is 9.97 Å². The molecule has 0 aliphatic heterocycles. The van der Waals surface area contributed by atoms with Crippen molar-refractivity contribution in [1.29, 1.82) is 0 Å². The number of pyridine rings is 2. The molecule has 0 radical (unpaired) electrons. The molecule has 0 saturated carbocycles. The highest BCUT2D eigenvalue weighted by atomic mass is 35.5. The molecule has 0 saturated heterocycles. The maximum atomic E-state index is 5.57. The van der Waals surface area contributed by atoms with Crippen LogP contribution in [0.5, 0.6) is 11.5 Å². The lowest BCUT2D eigenvalue weighted by atomic mass is 10.3. The Kier molecular flexibility index (Phi) is 12.8. The number of nitrogens with two attached hydrogens (primary N) is 2. The number of benzene rings is 2. The molecular weight excluding hydrogens is 461 g/mol. The number of hydrazine groups is 1. The fourth-order valence-electron chi connectivity index (χ4n) is 2.49. The van der Waals surface area contributed by atoms with E-state index in [4.69, 9.17) is 21.1 Å². The van der Waals surface area contributed by atoms with Crippen LogP contribution in [-0.2, 0) is 13.2 Å². The van der Waals surface area contributed by atoms with Gasteiger partial charge in [-0.3, -0.25) is 15.8 Å². The zero-order valence-electron chi connectivity index (χ0n) is 17.8. The molecular formula is C24H27Cl2N5O2. The van der Waals surface area contributed by atoms with Crippen molar-refractivity contribution < 1.29 is 9.47 Å². The van der Waals surface area contributed by atoms with Gasteiger partial charge in [0.2, 0.25) is 0 Å². The van der Waals surface area contributed by atoms with Crippen molar-refractivity contribution >= 4 is 36.2 Å². The van der Waals surface area contributed by atoms with Gasteiger partial charge in [-0.1, -0.05) is 12.1 Å². The van der Waals surface area contributed by atoms with Crippen LogP contribution in [0, 0.1) is 0 Å². The van der Waals surface area contributed by atoms with Gasteiger partial charge in [-0.15, -0.1) is 24.8 Å². The van der Waals surface area contributed by atoms with E-state index in [1.54, 1.807) is 12.4 Å². The molecule has 5 N–H and O–H groups in total. The van der Waals surface area contributed by atoms with Crippen molar-refractivity contribution in [2.45, 2.75) is 13.2 Å². The van der Waals surface area contributed by atoms with Crippen molar-refractivity contribution in [1.82, 2.24) is 9.97 Å². The first-order chi connectivity index (χ1) is 15.2. The molecule has 0 amide bonds. The predicted molar refractivity (Wildman–Crippen MR) is 137 cm³/mol. The van der Waals surface area contributed by atoms with Crippen molar-refractivity contribution in [3.05, 3.63) is 109 Å². The Morgan fingerprint density at radius 2 is 1.09 bits per heavy atom. The maximum absolute atomic E-state index is 5.57. The number of rotatable bonds is 7. The number of anilines is 2. The van der Waals surface area contributed by atoms with E-state index in [9.17, 15) is 0 Å². The Morgan fingerprint density at radius 1 is 0.636 bits per heavy atom. The van der Waals surface area contributed by atoms with Crippen LogP contribution in [0.15, 0.2) is 97.3 Å². The molecule has 4 aromatic rings. The van der Waals surface area contributed by atoms with Crippen LogP contribution in [0.4, 0.5) is 11.4 Å². The smallest absolute Gasteiger partial charge is 0.130 e. The second-order valence-electron chi connectivity index (χ2n) is 6.46. The summed E-state index contributed by atoms with van der Waals surface area (Å²) in [5, 5.41) is 0. The lowest BCUT2D eigenvalue weighted by Gasteiger charge is -2.06. The normalized spacial score (nSPS) is 9.24. The average Bonchev–Trinajstić information content (AvgIpc) is 2.84. The van der Waals surface area contributed by atoms with Gasteiger partial charge in [0, 0.05) is 23.8 Å². The number of hydrogen-bond acceptors (Lipinski definition) is 7. The fraction of sp³-hybridized carbons (Fsp3) is 0.0833. The second-order valence-corrected chi connectivity index (χ2v) is 6.46. The van der Waals surface area contributed by atoms with Gasteiger partial charge in [-0.25, -0.2) is 0 Å². The van der Waals surface area contributed by atoms with Gasteiger partial charge in [0.1, 0.15) is 24.7 Å². The molecule has 0 aliphatic carbocycles. The van der Waals surface area contributed by atoms with E-state index in [2.05, 4.69) is 15.4 Å². The number of aromatic nitrogens is 2. The Balaban J connectivity index is 0.000000312. The van der Waals surface area contributed by atoms with Gasteiger partial charge in [0.25, 0.3) is 0 Å². The van der Waals surface area contributed by atoms with E-state index in [-0.39, 0.29) is 24.8 Å². The van der Waals surface area contributed by atoms with Crippen LogP contribution >= 0.6 is 24.8 Å². The van der Waals surface area contributed by atoms with Crippen molar-refractivity contribution in [3.63, 3.8) is 0 Å². The highest BCUT2D eigenvalue weighted by Gasteiger charge is 1.97. The lowest BCUT2D eigenvalue weighted by molar-refractivity contribution is 0.301. The zero-order valence-corrected chi connectivity index (χ0v) is 19.5. The zero-order chi connectivity index (χ0) is 21.7. The van der Waals surface area contributed by atoms with E-state index >= 15 is 0 Å². The summed E-state index contributed by atoms with van der Waals surface area (Å²) in [6, 6.07) is 26.2. The van der Waals surface area contributed by atoms with Crippen LogP contribution in [0.25, 0.3) is 0 Å². The molecule has 0 spiro atoms. The molecule has 2 aromatic carbocycles. The van der Waals surface area contributed by atoms with Crippen molar-refractivity contribution in [2.75, 3.05) is 11.2 Å². The van der Waals surface area contributed by atoms with Gasteiger partial charge >= 0.3 is 0 Å². The third-order valence-corrected chi connectivity index (χ3v) is 4.13. The molecule has 0 atom stereocenters. The summed E-state index contributed by atoms with van der Waals surface area (Å²) in [6.07, 6.45) is 3.50. The predicted octanol–water partition coefficient (Wildman–Crippen LogP) is 5.03. The maximum Gasteiger partial charge on any atom is 0.130 e. The fourth-order valence-corrected chi connectivity index (χ4v) is 2.49. The summed E-state index contributed by atoms with van der Waals surface area (Å²) in [4.78, 5) is 8.33. The summed E-state index contributed by atoms with van der Waals surface area (Å²) in [5.74, 6) is 6.86. The third kappa shape index (κ3) is 10.1. The van der Waals surface area contributed by atoms with E-state index in [1.807, 2.05) is 84.9 Å². The summed E-state index contributed by atoms with van der Waals surface area (Å²) in [7, 11) is 0. The topological polar surface area (TPSA) is 108 Å². The van der Waals surface area contributed by atoms with E-state index in [1.165, 1.54) is 0 Å². The van der Waals surface area contributed by atoms with Crippen LogP contribution in [0.3, 0.4) is 0 Å². The van der Waals surface area contributed by atoms with Crippen LogP contribution < -0.4 is 26.5 Å². The first kappa shape index (κ1) is 27.5. The number of nitrogens with zero attached hydrogens (tertiary/aromatic N) is 2. The minimum Gasteiger partial charge on any atom is -0.487 e. The molecule has 2 aromatic heterocycles. The van der Waals surface area contributed by atoms with Crippen LogP contribution in [0.2, 0.25) is 0 Å². The van der Waals surface area contributed by atoms with Crippen LogP contribution in [0.1, 0.15) is 11.4 Å². The minimum atomic E-state index is 0. The summed E-state index contributed by atoms with van der Waals surface area (Å²) in [5.41, 5.74) is 11.5. The minimum absolute atomic E-state index is 0. The summed E-state index contributed by atoms with van der Waals surface area (Å²) >= 11 is 0. The number of halogens is 2. The third-order valence-electron chi connectivity index (χ3n) is 4.13. The molecule has 2 heterocycles. The summed E-state index contributed by atoms with van der Waals surface area (Å²) < 4.78 is 11.1. The highest BCUT2D eigenvalue weighted by molar-refractivity contribution is 5.85. The number of nitrogen functional groups attached to an aromatic ring is 2. The standard InChI is InChI=1S/C12H13N3O.C12H12N2O.2ClH/c13-15-10-4-6-12(7-5-10)16-9-11-3-1-2-8-14-11;13-10-4-6-12(7-5-10)15-9-11-3-1-2-8-14-11;;/h1-8,15H,9,13H2;1-8H,9,13H2;2*1H. The van der Waals surface area contributed by atoms with Gasteiger partial charge in [0.15, 0.2) is 0 Å². The Bertz CT molecular complexity index is 1020. The largest absolute Gasteiger partial charge is 0.487 e.